The van der Waals surface area contributed by atoms with Crippen molar-refractivity contribution in [1.29, 1.82) is 0 Å². The highest BCUT2D eigenvalue weighted by Gasteiger charge is 2.19. The summed E-state index contributed by atoms with van der Waals surface area (Å²) in [6.45, 7) is -0.434. The molecule has 0 unspecified atom stereocenters. The molecule has 34 heavy (non-hydrogen) atoms. The third-order valence-corrected chi connectivity index (χ3v) is 5.37. The molecule has 7 nitrogen and oxygen atoms in total. The lowest BCUT2D eigenvalue weighted by atomic mass is 10.0. The summed E-state index contributed by atoms with van der Waals surface area (Å²) < 4.78 is 21.1. The third kappa shape index (κ3) is 4.68. The molecule has 4 rings (SSSR count). The predicted octanol–water partition coefficient (Wildman–Crippen LogP) is 4.97. The van der Waals surface area contributed by atoms with E-state index < -0.39 is 12.6 Å². The van der Waals surface area contributed by atoms with Crippen LogP contribution in [-0.4, -0.2) is 44.7 Å². The highest BCUT2D eigenvalue weighted by molar-refractivity contribution is 6.06. The number of rotatable bonds is 8. The van der Waals surface area contributed by atoms with Crippen LogP contribution in [-0.2, 0) is 4.74 Å². The molecule has 0 spiro atoms. The largest absolute Gasteiger partial charge is 0.497 e. The number of esters is 1. The summed E-state index contributed by atoms with van der Waals surface area (Å²) in [6, 6.07) is 21.2. The lowest BCUT2D eigenvalue weighted by molar-refractivity contribution is 0.0476. The van der Waals surface area contributed by atoms with Crippen molar-refractivity contribution in [1.82, 2.24) is 4.98 Å². The van der Waals surface area contributed by atoms with Gasteiger partial charge >= 0.3 is 5.97 Å². The van der Waals surface area contributed by atoms with E-state index in [0.29, 0.717) is 39.2 Å². The van der Waals surface area contributed by atoms with E-state index in [2.05, 4.69) is 4.98 Å². The van der Waals surface area contributed by atoms with E-state index in [9.17, 15) is 9.59 Å². The Hall–Kier alpha value is -4.39. The molecule has 1 heterocycles. The summed E-state index contributed by atoms with van der Waals surface area (Å²) in [5, 5.41) is 0.638. The van der Waals surface area contributed by atoms with Crippen LogP contribution < -0.4 is 14.2 Å². The summed E-state index contributed by atoms with van der Waals surface area (Å²) >= 11 is 0. The van der Waals surface area contributed by atoms with Gasteiger partial charge in [0.2, 0.25) is 5.78 Å². The highest BCUT2D eigenvalue weighted by Crippen LogP contribution is 2.28. The molecule has 0 fully saturated rings. The number of hydrogen-bond donors (Lipinski definition) is 0. The molecule has 172 valence electrons. The average Bonchev–Trinajstić information content (AvgIpc) is 2.90. The van der Waals surface area contributed by atoms with Gasteiger partial charge in [0.05, 0.1) is 43.7 Å². The highest BCUT2D eigenvalue weighted by atomic mass is 16.5. The van der Waals surface area contributed by atoms with Gasteiger partial charge < -0.3 is 18.9 Å². The van der Waals surface area contributed by atoms with E-state index in [1.54, 1.807) is 37.4 Å². The fourth-order valence-electron chi connectivity index (χ4n) is 3.57. The molecule has 1 aromatic heterocycles. The minimum atomic E-state index is -0.616. The summed E-state index contributed by atoms with van der Waals surface area (Å²) in [5.74, 6) is 0.615. The first-order valence-electron chi connectivity index (χ1n) is 10.5. The summed E-state index contributed by atoms with van der Waals surface area (Å²) in [4.78, 5) is 30.5. The van der Waals surface area contributed by atoms with Crippen molar-refractivity contribution in [3.63, 3.8) is 0 Å². The molecule has 0 radical (unpaired) electrons. The lowest BCUT2D eigenvalue weighted by Crippen LogP contribution is -2.15. The van der Waals surface area contributed by atoms with Gasteiger partial charge in [0.25, 0.3) is 0 Å². The van der Waals surface area contributed by atoms with Crippen LogP contribution in [0.4, 0.5) is 0 Å². The number of ether oxygens (including phenoxy) is 4. The first-order valence-corrected chi connectivity index (χ1v) is 10.5. The molecular formula is C27H23NO6. The van der Waals surface area contributed by atoms with Crippen LogP contribution in [0.1, 0.15) is 20.7 Å². The Morgan fingerprint density at radius 2 is 1.47 bits per heavy atom. The summed E-state index contributed by atoms with van der Waals surface area (Å²) in [5.41, 5.74) is 2.70. The van der Waals surface area contributed by atoms with Crippen LogP contribution in [0.2, 0.25) is 0 Å². The molecule has 0 N–H and O–H groups in total. The van der Waals surface area contributed by atoms with Gasteiger partial charge in [-0.25, -0.2) is 9.78 Å². The Labute approximate surface area is 196 Å². The van der Waals surface area contributed by atoms with Gasteiger partial charge in [-0.15, -0.1) is 0 Å². The maximum atomic E-state index is 13.1. The first kappa shape index (κ1) is 22.8. The van der Waals surface area contributed by atoms with E-state index in [1.807, 2.05) is 42.5 Å². The number of methoxy groups -OCH3 is 3. The number of fused-ring (bicyclic) bond motifs is 1. The Kier molecular flexibility index (Phi) is 6.73. The second kappa shape index (κ2) is 10.0. The van der Waals surface area contributed by atoms with Gasteiger partial charge in [-0.3, -0.25) is 4.79 Å². The smallest absolute Gasteiger partial charge is 0.339 e. The number of nitrogens with zero attached hydrogens (tertiary/aromatic N) is 1. The Morgan fingerprint density at radius 1 is 0.765 bits per heavy atom. The van der Waals surface area contributed by atoms with Gasteiger partial charge in [0.1, 0.15) is 17.2 Å². The van der Waals surface area contributed by atoms with E-state index in [4.69, 9.17) is 18.9 Å². The van der Waals surface area contributed by atoms with Crippen LogP contribution in [0, 0.1) is 0 Å². The topological polar surface area (TPSA) is 84.0 Å². The first-order chi connectivity index (χ1) is 16.5. The Morgan fingerprint density at radius 3 is 2.18 bits per heavy atom. The van der Waals surface area contributed by atoms with Gasteiger partial charge in [0.15, 0.2) is 6.61 Å². The second-order valence-corrected chi connectivity index (χ2v) is 7.37. The molecule has 0 bridgehead atoms. The zero-order valence-electron chi connectivity index (χ0n) is 19.0. The fraction of sp³-hybridized carbons (Fsp3) is 0.148. The van der Waals surface area contributed by atoms with Crippen LogP contribution in [0.25, 0.3) is 22.2 Å². The minimum absolute atomic E-state index is 0.301. The standard InChI is InChI=1S/C27H23NO6/c1-31-18-10-8-17(9-11-18)24-15-22(20-6-4-5-7-23(20)28-24)27(30)34-16-25(29)21-13-12-19(32-2)14-26(21)33-3/h4-15H,16H2,1-3H3. The summed E-state index contributed by atoms with van der Waals surface area (Å²) in [7, 11) is 4.58. The number of benzene rings is 3. The molecule has 0 amide bonds. The molecule has 0 saturated heterocycles. The van der Waals surface area contributed by atoms with Gasteiger partial charge in [-0.05, 0) is 48.5 Å². The van der Waals surface area contributed by atoms with E-state index in [1.165, 1.54) is 14.2 Å². The molecule has 0 saturated carbocycles. The SMILES string of the molecule is COc1ccc(-c2cc(C(=O)OCC(=O)c3ccc(OC)cc3OC)c3ccccc3n2)cc1. The maximum Gasteiger partial charge on any atom is 0.339 e. The van der Waals surface area contributed by atoms with Crippen molar-refractivity contribution in [2.24, 2.45) is 0 Å². The van der Waals surface area contributed by atoms with Crippen LogP contribution in [0.3, 0.4) is 0 Å². The van der Waals surface area contributed by atoms with Crippen molar-refractivity contribution in [3.8, 4) is 28.5 Å². The lowest BCUT2D eigenvalue weighted by Gasteiger charge is -2.12. The van der Waals surface area contributed by atoms with Crippen molar-refractivity contribution in [2.75, 3.05) is 27.9 Å². The van der Waals surface area contributed by atoms with Gasteiger partial charge in [-0.2, -0.15) is 0 Å². The molecule has 0 aliphatic carbocycles. The number of Topliss-reactive ketones (excluding diaryl/α,β-unsaturated/α-hetero) is 1. The summed E-state index contributed by atoms with van der Waals surface area (Å²) in [6.07, 6.45) is 0. The van der Waals surface area contributed by atoms with E-state index >= 15 is 0 Å². The van der Waals surface area contributed by atoms with Crippen LogP contribution in [0.15, 0.2) is 72.8 Å². The number of para-hydroxylation sites is 1. The molecular weight excluding hydrogens is 434 g/mol. The van der Waals surface area contributed by atoms with Crippen molar-refractivity contribution < 1.29 is 28.5 Å². The minimum Gasteiger partial charge on any atom is -0.497 e. The fourth-order valence-corrected chi connectivity index (χ4v) is 3.57. The zero-order chi connectivity index (χ0) is 24.1. The molecule has 7 heteroatoms. The monoisotopic (exact) mass is 457 g/mol. The number of ketones is 1. The zero-order valence-corrected chi connectivity index (χ0v) is 19.0. The number of aromatic nitrogens is 1. The van der Waals surface area contributed by atoms with Crippen LogP contribution in [0.5, 0.6) is 17.2 Å². The molecule has 3 aromatic carbocycles. The van der Waals surface area contributed by atoms with Crippen molar-refractivity contribution >= 4 is 22.7 Å². The predicted molar refractivity (Wildman–Crippen MR) is 128 cm³/mol. The van der Waals surface area contributed by atoms with Gasteiger partial charge in [0, 0.05) is 17.0 Å². The van der Waals surface area contributed by atoms with Crippen LogP contribution >= 0.6 is 0 Å². The Bertz CT molecular complexity index is 1350. The number of carbonyl (C=O) groups is 2. The van der Waals surface area contributed by atoms with E-state index in [0.717, 1.165) is 11.3 Å². The van der Waals surface area contributed by atoms with E-state index in [-0.39, 0.29) is 5.78 Å². The quantitative estimate of drug-likeness (QED) is 0.273. The second-order valence-electron chi connectivity index (χ2n) is 7.37. The van der Waals surface area contributed by atoms with Crippen molar-refractivity contribution in [2.45, 2.75) is 0 Å². The molecule has 0 atom stereocenters. The van der Waals surface area contributed by atoms with Gasteiger partial charge in [-0.1, -0.05) is 18.2 Å². The maximum absolute atomic E-state index is 13.1. The third-order valence-electron chi connectivity index (χ3n) is 5.37. The normalized spacial score (nSPS) is 10.6. The Balaban J connectivity index is 1.61. The molecule has 4 aromatic rings. The number of carbonyl (C=O) groups excluding carboxylic acids is 2. The number of pyridine rings is 1. The number of hydrogen-bond acceptors (Lipinski definition) is 7. The molecule has 0 aliphatic rings. The average molecular weight is 457 g/mol. The molecule has 0 aliphatic heterocycles. The van der Waals surface area contributed by atoms with Crippen molar-refractivity contribution in [3.05, 3.63) is 83.9 Å².